The van der Waals surface area contributed by atoms with Crippen molar-refractivity contribution in [2.24, 2.45) is 0 Å². The monoisotopic (exact) mass is 123 g/mol. The van der Waals surface area contributed by atoms with Crippen molar-refractivity contribution in [1.29, 1.82) is 0 Å². The highest BCUT2D eigenvalue weighted by atomic mass is 15.4. The maximum absolute atomic E-state index is 3.77. The van der Waals surface area contributed by atoms with Crippen molar-refractivity contribution in [3.8, 4) is 0 Å². The second-order valence-electron chi connectivity index (χ2n) is 1.69. The lowest BCUT2D eigenvalue weighted by Gasteiger charge is -1.88. The van der Waals surface area contributed by atoms with Gasteiger partial charge in [-0.1, -0.05) is 17.4 Å². The van der Waals surface area contributed by atoms with Crippen molar-refractivity contribution in [3.05, 3.63) is 24.5 Å². The number of hydrogen-bond acceptors (Lipinski definition) is 2. The average Bonchev–Trinajstić information content (AvgIpc) is 2.34. The zero-order valence-electron chi connectivity index (χ0n) is 5.36. The molecule has 0 fully saturated rings. The summed E-state index contributed by atoms with van der Waals surface area (Å²) in [5.74, 6) is 0. The van der Waals surface area contributed by atoms with Crippen LogP contribution in [0, 0.1) is 0 Å². The molecule has 0 spiro atoms. The van der Waals surface area contributed by atoms with Gasteiger partial charge in [0.25, 0.3) is 0 Å². The van der Waals surface area contributed by atoms with Crippen LogP contribution in [0.15, 0.2) is 24.5 Å². The van der Waals surface area contributed by atoms with Crippen molar-refractivity contribution in [2.75, 3.05) is 0 Å². The van der Waals surface area contributed by atoms with Crippen molar-refractivity contribution in [3.63, 3.8) is 0 Å². The topological polar surface area (TPSA) is 30.7 Å². The summed E-state index contributed by atoms with van der Waals surface area (Å²) in [6, 6.07) is 0. The molecule has 9 heavy (non-hydrogen) atoms. The molecule has 0 amide bonds. The van der Waals surface area contributed by atoms with Gasteiger partial charge in [0.2, 0.25) is 0 Å². The van der Waals surface area contributed by atoms with E-state index in [0.29, 0.717) is 0 Å². The maximum atomic E-state index is 3.77. The van der Waals surface area contributed by atoms with Gasteiger partial charge in [0, 0.05) is 6.20 Å². The van der Waals surface area contributed by atoms with E-state index in [-0.39, 0.29) is 0 Å². The van der Waals surface area contributed by atoms with Crippen LogP contribution in [0.4, 0.5) is 0 Å². The van der Waals surface area contributed by atoms with Gasteiger partial charge in [-0.05, 0) is 6.92 Å². The van der Waals surface area contributed by atoms with E-state index in [4.69, 9.17) is 0 Å². The zero-order valence-corrected chi connectivity index (χ0v) is 5.36. The Hall–Kier alpha value is -1.12. The van der Waals surface area contributed by atoms with Gasteiger partial charge in [-0.3, -0.25) is 0 Å². The van der Waals surface area contributed by atoms with E-state index in [1.165, 1.54) is 0 Å². The third-order valence-corrected chi connectivity index (χ3v) is 1.00. The molecule has 0 saturated carbocycles. The summed E-state index contributed by atoms with van der Waals surface area (Å²) >= 11 is 0. The SMILES string of the molecule is CC=CCn1ccnn1. The van der Waals surface area contributed by atoms with Crippen LogP contribution in [0.1, 0.15) is 6.92 Å². The molecule has 0 radical (unpaired) electrons. The molecule has 1 heterocycles. The van der Waals surface area contributed by atoms with E-state index in [2.05, 4.69) is 10.3 Å². The van der Waals surface area contributed by atoms with Gasteiger partial charge >= 0.3 is 0 Å². The predicted molar refractivity (Wildman–Crippen MR) is 34.8 cm³/mol. The van der Waals surface area contributed by atoms with Crippen LogP contribution in [-0.2, 0) is 6.54 Å². The molecule has 0 unspecified atom stereocenters. The normalized spacial score (nSPS) is 10.8. The van der Waals surface area contributed by atoms with Crippen LogP contribution >= 0.6 is 0 Å². The summed E-state index contributed by atoms with van der Waals surface area (Å²) in [6.07, 6.45) is 7.51. The number of nitrogens with zero attached hydrogens (tertiary/aromatic N) is 3. The highest BCUT2D eigenvalue weighted by molar-refractivity contribution is 4.78. The molecule has 0 atom stereocenters. The summed E-state index contributed by atoms with van der Waals surface area (Å²) in [6.45, 7) is 2.80. The fraction of sp³-hybridized carbons (Fsp3) is 0.333. The van der Waals surface area contributed by atoms with Gasteiger partial charge in [0.1, 0.15) is 0 Å². The fourth-order valence-corrected chi connectivity index (χ4v) is 0.544. The Morgan fingerprint density at radius 3 is 3.11 bits per heavy atom. The molecule has 1 aromatic rings. The summed E-state index contributed by atoms with van der Waals surface area (Å²) in [5, 5.41) is 7.42. The Balaban J connectivity index is 2.48. The Morgan fingerprint density at radius 2 is 2.56 bits per heavy atom. The number of rotatable bonds is 2. The third kappa shape index (κ3) is 1.68. The first-order chi connectivity index (χ1) is 4.43. The average molecular weight is 123 g/mol. The van der Waals surface area contributed by atoms with E-state index >= 15 is 0 Å². The van der Waals surface area contributed by atoms with Gasteiger partial charge in [-0.15, -0.1) is 5.10 Å². The lowest BCUT2D eigenvalue weighted by atomic mass is 10.5. The van der Waals surface area contributed by atoms with Crippen molar-refractivity contribution in [2.45, 2.75) is 13.5 Å². The van der Waals surface area contributed by atoms with Gasteiger partial charge in [0.05, 0.1) is 12.7 Å². The second kappa shape index (κ2) is 3.02. The molecule has 0 bridgehead atoms. The van der Waals surface area contributed by atoms with Crippen LogP contribution in [-0.4, -0.2) is 15.0 Å². The van der Waals surface area contributed by atoms with Crippen molar-refractivity contribution >= 4 is 0 Å². The first-order valence-electron chi connectivity index (χ1n) is 2.88. The van der Waals surface area contributed by atoms with E-state index in [1.807, 2.05) is 25.3 Å². The van der Waals surface area contributed by atoms with E-state index < -0.39 is 0 Å². The summed E-state index contributed by atoms with van der Waals surface area (Å²) in [4.78, 5) is 0. The van der Waals surface area contributed by atoms with E-state index in [1.54, 1.807) is 10.9 Å². The minimum absolute atomic E-state index is 0.816. The molecule has 0 aliphatic rings. The lowest BCUT2D eigenvalue weighted by molar-refractivity contribution is 0.661. The molecule has 3 heteroatoms. The number of aromatic nitrogens is 3. The van der Waals surface area contributed by atoms with Crippen LogP contribution in [0.5, 0.6) is 0 Å². The minimum Gasteiger partial charge on any atom is -0.249 e. The fourth-order valence-electron chi connectivity index (χ4n) is 0.544. The maximum Gasteiger partial charge on any atom is 0.0693 e. The molecule has 3 nitrogen and oxygen atoms in total. The summed E-state index contributed by atoms with van der Waals surface area (Å²) in [5.41, 5.74) is 0. The molecular formula is C6H9N3. The second-order valence-corrected chi connectivity index (χ2v) is 1.69. The van der Waals surface area contributed by atoms with Crippen molar-refractivity contribution < 1.29 is 0 Å². The Kier molecular flexibility index (Phi) is 2.01. The highest BCUT2D eigenvalue weighted by Gasteiger charge is 1.82. The molecule has 48 valence electrons. The first-order valence-corrected chi connectivity index (χ1v) is 2.88. The summed E-state index contributed by atoms with van der Waals surface area (Å²) < 4.78 is 1.76. The number of allylic oxidation sites excluding steroid dienone is 2. The molecule has 1 rings (SSSR count). The van der Waals surface area contributed by atoms with Crippen molar-refractivity contribution in [1.82, 2.24) is 15.0 Å². The minimum atomic E-state index is 0.816. The highest BCUT2D eigenvalue weighted by Crippen LogP contribution is 1.81. The van der Waals surface area contributed by atoms with Gasteiger partial charge in [-0.25, -0.2) is 4.68 Å². The van der Waals surface area contributed by atoms with E-state index in [9.17, 15) is 0 Å². The Morgan fingerprint density at radius 1 is 1.67 bits per heavy atom. The molecule has 0 saturated heterocycles. The standard InChI is InChI=1S/C6H9N3/c1-2-3-5-9-6-4-7-8-9/h2-4,6H,5H2,1H3. The molecule has 0 N–H and O–H groups in total. The smallest absolute Gasteiger partial charge is 0.0693 e. The summed E-state index contributed by atoms with van der Waals surface area (Å²) in [7, 11) is 0. The molecule has 0 aliphatic carbocycles. The van der Waals surface area contributed by atoms with E-state index in [0.717, 1.165) is 6.54 Å². The van der Waals surface area contributed by atoms with Gasteiger partial charge in [0.15, 0.2) is 0 Å². The molecule has 0 aromatic carbocycles. The van der Waals surface area contributed by atoms with Gasteiger partial charge < -0.3 is 0 Å². The van der Waals surface area contributed by atoms with Gasteiger partial charge in [-0.2, -0.15) is 0 Å². The van der Waals surface area contributed by atoms with Crippen LogP contribution < -0.4 is 0 Å². The Bertz CT molecular complexity index is 176. The molecule has 0 aliphatic heterocycles. The van der Waals surface area contributed by atoms with Crippen LogP contribution in [0.3, 0.4) is 0 Å². The quantitative estimate of drug-likeness (QED) is 0.546. The Labute approximate surface area is 54.0 Å². The van der Waals surface area contributed by atoms with Crippen LogP contribution in [0.25, 0.3) is 0 Å². The first kappa shape index (κ1) is 6.01. The lowest BCUT2D eigenvalue weighted by Crippen LogP contribution is -1.94. The third-order valence-electron chi connectivity index (χ3n) is 1.00. The molecule has 1 aromatic heterocycles. The van der Waals surface area contributed by atoms with Crippen LogP contribution in [0.2, 0.25) is 0 Å². The molecular weight excluding hydrogens is 114 g/mol. The largest absolute Gasteiger partial charge is 0.249 e. The predicted octanol–water partition coefficient (Wildman–Crippen LogP) is 0.854. The zero-order chi connectivity index (χ0) is 6.53. The number of hydrogen-bond donors (Lipinski definition) is 0.